The lowest BCUT2D eigenvalue weighted by atomic mass is 9.96. The minimum absolute atomic E-state index is 0.0532. The molecule has 6 heteroatoms. The molecule has 0 heterocycles. The van der Waals surface area contributed by atoms with Crippen LogP contribution in [0.3, 0.4) is 0 Å². The summed E-state index contributed by atoms with van der Waals surface area (Å²) in [6.07, 6.45) is -4.56. The number of hydrogen-bond acceptors (Lipinski definition) is 3. The molecule has 1 aromatic rings. The predicted molar refractivity (Wildman–Crippen MR) is 61.5 cm³/mol. The third-order valence-corrected chi connectivity index (χ3v) is 2.54. The van der Waals surface area contributed by atoms with Gasteiger partial charge in [-0.1, -0.05) is 6.92 Å². The van der Waals surface area contributed by atoms with E-state index in [2.05, 4.69) is 4.74 Å². The summed E-state index contributed by atoms with van der Waals surface area (Å²) in [5.41, 5.74) is -1.48. The van der Waals surface area contributed by atoms with Crippen molar-refractivity contribution in [3.8, 4) is 6.07 Å². The van der Waals surface area contributed by atoms with E-state index in [9.17, 15) is 18.0 Å². The number of alkyl halides is 3. The molecule has 0 amide bonds. The third-order valence-electron chi connectivity index (χ3n) is 2.54. The van der Waals surface area contributed by atoms with Crippen LogP contribution in [0.1, 0.15) is 40.9 Å². The monoisotopic (exact) mass is 271 g/mol. The zero-order chi connectivity index (χ0) is 14.6. The van der Waals surface area contributed by atoms with Gasteiger partial charge in [0.05, 0.1) is 29.4 Å². The van der Waals surface area contributed by atoms with Crippen molar-refractivity contribution < 1.29 is 22.7 Å². The molecule has 1 rings (SSSR count). The van der Waals surface area contributed by atoms with Gasteiger partial charge in [0.1, 0.15) is 0 Å². The average molecular weight is 271 g/mol. The van der Waals surface area contributed by atoms with E-state index in [4.69, 9.17) is 5.26 Å². The van der Waals surface area contributed by atoms with Crippen molar-refractivity contribution in [2.75, 3.05) is 6.61 Å². The summed E-state index contributed by atoms with van der Waals surface area (Å²) in [6.45, 7) is 3.13. The number of benzene rings is 1. The molecule has 0 N–H and O–H groups in total. The third kappa shape index (κ3) is 3.25. The summed E-state index contributed by atoms with van der Waals surface area (Å²) < 4.78 is 43.4. The van der Waals surface area contributed by atoms with Gasteiger partial charge in [-0.05, 0) is 31.0 Å². The zero-order valence-corrected chi connectivity index (χ0v) is 10.5. The second-order valence-corrected chi connectivity index (χ2v) is 3.73. The Labute approximate surface area is 108 Å². The van der Waals surface area contributed by atoms with Gasteiger partial charge >= 0.3 is 12.1 Å². The SMILES string of the molecule is CCOC(=O)c1cc(C#N)c(CC)c(C(F)(F)F)c1. The zero-order valence-electron chi connectivity index (χ0n) is 10.5. The standard InChI is InChI=1S/C13H12F3NO2/c1-3-10-9(7-17)5-8(12(18)19-4-2)6-11(10)13(14,15)16/h5-6H,3-4H2,1-2H3. The normalized spacial score (nSPS) is 10.9. The second kappa shape index (κ2) is 5.74. The first-order valence-corrected chi connectivity index (χ1v) is 5.66. The lowest BCUT2D eigenvalue weighted by Gasteiger charge is -2.14. The van der Waals surface area contributed by atoms with Crippen LogP contribution in [-0.2, 0) is 17.3 Å². The van der Waals surface area contributed by atoms with E-state index in [1.54, 1.807) is 13.0 Å². The lowest BCUT2D eigenvalue weighted by Crippen LogP contribution is -2.14. The molecular weight excluding hydrogens is 259 g/mol. The van der Waals surface area contributed by atoms with Gasteiger partial charge in [0.25, 0.3) is 0 Å². The van der Waals surface area contributed by atoms with Crippen molar-refractivity contribution in [3.05, 3.63) is 34.4 Å². The number of nitriles is 1. The van der Waals surface area contributed by atoms with Crippen molar-refractivity contribution in [2.24, 2.45) is 0 Å². The van der Waals surface area contributed by atoms with Crippen LogP contribution in [0.5, 0.6) is 0 Å². The second-order valence-electron chi connectivity index (χ2n) is 3.73. The lowest BCUT2D eigenvalue weighted by molar-refractivity contribution is -0.138. The number of ether oxygens (including phenoxy) is 1. The largest absolute Gasteiger partial charge is 0.462 e. The highest BCUT2D eigenvalue weighted by molar-refractivity contribution is 5.90. The molecule has 0 bridgehead atoms. The fourth-order valence-electron chi connectivity index (χ4n) is 1.74. The van der Waals surface area contributed by atoms with Gasteiger partial charge < -0.3 is 4.74 Å². The Bertz CT molecular complexity index is 530. The molecule has 0 atom stereocenters. The van der Waals surface area contributed by atoms with Crippen LogP contribution in [0.25, 0.3) is 0 Å². The van der Waals surface area contributed by atoms with Crippen LogP contribution in [0.4, 0.5) is 13.2 Å². The fourth-order valence-corrected chi connectivity index (χ4v) is 1.74. The van der Waals surface area contributed by atoms with Crippen LogP contribution in [0.15, 0.2) is 12.1 Å². The molecule has 0 saturated heterocycles. The summed E-state index contributed by atoms with van der Waals surface area (Å²) in [5, 5.41) is 8.91. The van der Waals surface area contributed by atoms with E-state index in [1.807, 2.05) is 0 Å². The predicted octanol–water partition coefficient (Wildman–Crippen LogP) is 3.32. The molecular formula is C13H12F3NO2. The first-order chi connectivity index (χ1) is 8.85. The van der Waals surface area contributed by atoms with E-state index in [0.29, 0.717) is 0 Å². The van der Waals surface area contributed by atoms with Gasteiger partial charge in [-0.3, -0.25) is 0 Å². The number of nitrogens with zero attached hydrogens (tertiary/aromatic N) is 1. The van der Waals surface area contributed by atoms with Crippen LogP contribution in [0, 0.1) is 11.3 Å². The van der Waals surface area contributed by atoms with Gasteiger partial charge in [0, 0.05) is 0 Å². The van der Waals surface area contributed by atoms with E-state index in [-0.39, 0.29) is 29.7 Å². The average Bonchev–Trinajstić information content (AvgIpc) is 2.36. The number of hydrogen-bond donors (Lipinski definition) is 0. The quantitative estimate of drug-likeness (QED) is 0.792. The Morgan fingerprint density at radius 2 is 2.00 bits per heavy atom. The number of halogens is 3. The van der Waals surface area contributed by atoms with E-state index < -0.39 is 17.7 Å². The fraction of sp³-hybridized carbons (Fsp3) is 0.385. The molecule has 0 radical (unpaired) electrons. The minimum Gasteiger partial charge on any atom is -0.462 e. The first-order valence-electron chi connectivity index (χ1n) is 5.66. The van der Waals surface area contributed by atoms with Crippen LogP contribution in [0.2, 0.25) is 0 Å². The van der Waals surface area contributed by atoms with E-state index in [1.165, 1.54) is 6.92 Å². The molecule has 0 spiro atoms. The number of carbonyl (C=O) groups is 1. The summed E-state index contributed by atoms with van der Waals surface area (Å²) in [5.74, 6) is -0.868. The molecule has 1 aromatic carbocycles. The van der Waals surface area contributed by atoms with Crippen molar-refractivity contribution in [3.63, 3.8) is 0 Å². The Kier molecular flexibility index (Phi) is 4.54. The summed E-state index contributed by atoms with van der Waals surface area (Å²) >= 11 is 0. The highest BCUT2D eigenvalue weighted by atomic mass is 19.4. The maximum atomic E-state index is 12.9. The summed E-state index contributed by atoms with van der Waals surface area (Å²) in [6, 6.07) is 3.55. The maximum absolute atomic E-state index is 12.9. The maximum Gasteiger partial charge on any atom is 0.416 e. The molecule has 0 saturated carbocycles. The van der Waals surface area contributed by atoms with Crippen LogP contribution >= 0.6 is 0 Å². The molecule has 0 fully saturated rings. The highest BCUT2D eigenvalue weighted by Crippen LogP contribution is 2.34. The minimum atomic E-state index is -4.61. The molecule has 0 unspecified atom stereocenters. The van der Waals surface area contributed by atoms with Crippen LogP contribution in [-0.4, -0.2) is 12.6 Å². The van der Waals surface area contributed by atoms with Gasteiger partial charge in [-0.25, -0.2) is 4.79 Å². The van der Waals surface area contributed by atoms with Gasteiger partial charge in [-0.2, -0.15) is 18.4 Å². The topological polar surface area (TPSA) is 50.1 Å². The molecule has 0 aliphatic heterocycles. The Hall–Kier alpha value is -2.03. The van der Waals surface area contributed by atoms with Gasteiger partial charge in [0.15, 0.2) is 0 Å². The Morgan fingerprint density at radius 1 is 1.37 bits per heavy atom. The Balaban J connectivity index is 3.48. The highest BCUT2D eigenvalue weighted by Gasteiger charge is 2.35. The molecule has 0 aliphatic carbocycles. The smallest absolute Gasteiger partial charge is 0.416 e. The summed E-state index contributed by atoms with van der Waals surface area (Å²) in [7, 11) is 0. The number of esters is 1. The molecule has 102 valence electrons. The number of rotatable bonds is 3. The van der Waals surface area contributed by atoms with Crippen molar-refractivity contribution in [1.29, 1.82) is 5.26 Å². The molecule has 0 aliphatic rings. The van der Waals surface area contributed by atoms with E-state index >= 15 is 0 Å². The Morgan fingerprint density at radius 3 is 2.42 bits per heavy atom. The first kappa shape index (κ1) is 15.0. The van der Waals surface area contributed by atoms with Crippen molar-refractivity contribution >= 4 is 5.97 Å². The molecule has 0 aromatic heterocycles. The summed E-state index contributed by atoms with van der Waals surface area (Å²) in [4.78, 5) is 11.5. The van der Waals surface area contributed by atoms with Crippen LogP contribution < -0.4 is 0 Å². The van der Waals surface area contributed by atoms with Gasteiger partial charge in [0.2, 0.25) is 0 Å². The number of carbonyl (C=O) groups excluding carboxylic acids is 1. The molecule has 19 heavy (non-hydrogen) atoms. The van der Waals surface area contributed by atoms with E-state index in [0.717, 1.165) is 12.1 Å². The van der Waals surface area contributed by atoms with Crippen molar-refractivity contribution in [2.45, 2.75) is 26.4 Å². The van der Waals surface area contributed by atoms with Gasteiger partial charge in [-0.15, -0.1) is 0 Å². The van der Waals surface area contributed by atoms with Crippen molar-refractivity contribution in [1.82, 2.24) is 0 Å². The molecule has 3 nitrogen and oxygen atoms in total.